The van der Waals surface area contributed by atoms with Gasteiger partial charge in [-0.25, -0.2) is 4.98 Å². The molecular weight excluding hydrogens is 558 g/mol. The van der Waals surface area contributed by atoms with Crippen LogP contribution < -0.4 is 14.8 Å². The van der Waals surface area contributed by atoms with Gasteiger partial charge in [0.05, 0.1) is 18.8 Å². The highest BCUT2D eigenvalue weighted by molar-refractivity contribution is 5.92. The minimum Gasteiger partial charge on any atom is -0.489 e. The molecule has 0 bridgehead atoms. The fourth-order valence-electron chi connectivity index (χ4n) is 6.06. The molecule has 2 aliphatic carbocycles. The standard InChI is InChI=1S/C32H40F2N4O5/c1-20(39)38-18-23(22-13-14-28(43-32(33)34)29(16-22)42-19-21-11-12-21)15-27(38)30(40)35-17-24-7-6-10-26(36-24)31(41)37(2)25-8-4-3-5-9-25/h6-7,10,13-14,16,21,23,25,27,32H,3-5,8-9,11-12,15,17-19H2,1-2H3,(H,35,40)/t23?,27-/m1/s1. The number of ether oxygens (including phenoxy) is 2. The molecule has 0 spiro atoms. The number of nitrogens with one attached hydrogen (secondary N) is 1. The van der Waals surface area contributed by atoms with E-state index in [1.54, 1.807) is 35.2 Å². The van der Waals surface area contributed by atoms with Gasteiger partial charge in [-0.2, -0.15) is 8.78 Å². The highest BCUT2D eigenvalue weighted by Gasteiger charge is 2.39. The van der Waals surface area contributed by atoms with E-state index in [2.05, 4.69) is 15.0 Å². The molecular formula is C32H40F2N4O5. The molecule has 2 aromatic rings. The number of hydrogen-bond donors (Lipinski definition) is 1. The second-order valence-electron chi connectivity index (χ2n) is 11.9. The first-order valence-corrected chi connectivity index (χ1v) is 15.2. The summed E-state index contributed by atoms with van der Waals surface area (Å²) in [5.41, 5.74) is 1.67. The van der Waals surface area contributed by atoms with Crippen LogP contribution in [0, 0.1) is 5.92 Å². The van der Waals surface area contributed by atoms with Crippen molar-refractivity contribution in [2.75, 3.05) is 20.2 Å². The van der Waals surface area contributed by atoms with Gasteiger partial charge in [0.15, 0.2) is 11.5 Å². The predicted octanol–water partition coefficient (Wildman–Crippen LogP) is 4.90. The molecule has 3 aliphatic rings. The molecule has 9 nitrogen and oxygen atoms in total. The Kier molecular flexibility index (Phi) is 9.77. The molecule has 1 unspecified atom stereocenters. The van der Waals surface area contributed by atoms with Crippen LogP contribution in [0.25, 0.3) is 0 Å². The number of hydrogen-bond acceptors (Lipinski definition) is 6. The van der Waals surface area contributed by atoms with Crippen LogP contribution in [0.15, 0.2) is 36.4 Å². The normalized spacial score (nSPS) is 20.6. The van der Waals surface area contributed by atoms with Crippen molar-refractivity contribution in [3.63, 3.8) is 0 Å². The Morgan fingerprint density at radius 1 is 1.07 bits per heavy atom. The summed E-state index contributed by atoms with van der Waals surface area (Å²) in [7, 11) is 1.82. The van der Waals surface area contributed by atoms with Crippen LogP contribution in [-0.2, 0) is 16.1 Å². The third-order valence-corrected chi connectivity index (χ3v) is 8.75. The van der Waals surface area contributed by atoms with Gasteiger partial charge in [-0.15, -0.1) is 0 Å². The summed E-state index contributed by atoms with van der Waals surface area (Å²) in [5, 5.41) is 2.89. The number of aromatic nitrogens is 1. The van der Waals surface area contributed by atoms with Crippen molar-refractivity contribution in [3.05, 3.63) is 53.3 Å². The maximum Gasteiger partial charge on any atom is 0.387 e. The number of pyridine rings is 1. The number of carbonyl (C=O) groups is 3. The van der Waals surface area contributed by atoms with Crippen molar-refractivity contribution in [2.24, 2.45) is 5.92 Å². The highest BCUT2D eigenvalue weighted by Crippen LogP contribution is 2.39. The minimum atomic E-state index is -2.98. The van der Waals surface area contributed by atoms with Gasteiger partial charge in [-0.1, -0.05) is 31.4 Å². The van der Waals surface area contributed by atoms with Crippen molar-refractivity contribution >= 4 is 17.7 Å². The largest absolute Gasteiger partial charge is 0.489 e. The van der Waals surface area contributed by atoms with E-state index < -0.39 is 12.7 Å². The van der Waals surface area contributed by atoms with E-state index in [0.717, 1.165) is 44.1 Å². The Morgan fingerprint density at radius 2 is 1.84 bits per heavy atom. The molecule has 3 amide bonds. The molecule has 0 radical (unpaired) electrons. The van der Waals surface area contributed by atoms with E-state index in [9.17, 15) is 23.2 Å². The van der Waals surface area contributed by atoms with Crippen LogP contribution >= 0.6 is 0 Å². The molecule has 1 saturated heterocycles. The first kappa shape index (κ1) is 30.7. The predicted molar refractivity (Wildman–Crippen MR) is 155 cm³/mol. The molecule has 5 rings (SSSR count). The van der Waals surface area contributed by atoms with Crippen LogP contribution in [0.3, 0.4) is 0 Å². The van der Waals surface area contributed by atoms with Crippen molar-refractivity contribution < 1.29 is 32.6 Å². The first-order valence-electron chi connectivity index (χ1n) is 15.2. The van der Waals surface area contributed by atoms with E-state index in [-0.39, 0.29) is 47.7 Å². The zero-order valence-corrected chi connectivity index (χ0v) is 24.8. The molecule has 11 heteroatoms. The molecule has 232 valence electrons. The second-order valence-corrected chi connectivity index (χ2v) is 11.9. The third kappa shape index (κ3) is 7.80. The Hall–Kier alpha value is -3.76. The van der Waals surface area contributed by atoms with E-state index in [1.807, 2.05) is 7.05 Å². The Morgan fingerprint density at radius 3 is 2.53 bits per heavy atom. The molecule has 2 atom stereocenters. The SMILES string of the molecule is CC(=O)N1CC(c2ccc(OC(F)F)c(OCC3CC3)c2)C[C@@H]1C(=O)NCc1cccc(C(=O)N(C)C2CCCCC2)n1. The molecule has 3 fully saturated rings. The fourth-order valence-corrected chi connectivity index (χ4v) is 6.06. The lowest BCUT2D eigenvalue weighted by Gasteiger charge is -2.31. The Bertz CT molecular complexity index is 1310. The molecule has 43 heavy (non-hydrogen) atoms. The summed E-state index contributed by atoms with van der Waals surface area (Å²) in [6.45, 7) is -0.714. The fraction of sp³-hybridized carbons (Fsp3) is 0.562. The summed E-state index contributed by atoms with van der Waals surface area (Å²) >= 11 is 0. The number of rotatable bonds is 11. The van der Waals surface area contributed by atoms with Gasteiger partial charge in [0, 0.05) is 32.5 Å². The van der Waals surface area contributed by atoms with Gasteiger partial charge in [-0.3, -0.25) is 14.4 Å². The van der Waals surface area contributed by atoms with E-state index >= 15 is 0 Å². The summed E-state index contributed by atoms with van der Waals surface area (Å²) in [5.74, 6) is -0.262. The topological polar surface area (TPSA) is 101 Å². The first-order chi connectivity index (χ1) is 20.7. The smallest absolute Gasteiger partial charge is 0.387 e. The number of carbonyl (C=O) groups excluding carboxylic acids is 3. The number of nitrogens with zero attached hydrogens (tertiary/aromatic N) is 3. The number of alkyl halides is 2. The molecule has 1 aromatic heterocycles. The lowest BCUT2D eigenvalue weighted by molar-refractivity contribution is -0.136. The molecule has 1 aromatic carbocycles. The lowest BCUT2D eigenvalue weighted by atomic mass is 9.94. The second kappa shape index (κ2) is 13.7. The highest BCUT2D eigenvalue weighted by atomic mass is 19.3. The van der Waals surface area contributed by atoms with Crippen molar-refractivity contribution in [2.45, 2.75) is 89.4 Å². The summed E-state index contributed by atoms with van der Waals surface area (Å²) in [4.78, 5) is 46.8. The minimum absolute atomic E-state index is 0.0340. The number of likely N-dealkylation sites (tertiary alicyclic amines) is 1. The van der Waals surface area contributed by atoms with Crippen LogP contribution in [0.5, 0.6) is 11.5 Å². The van der Waals surface area contributed by atoms with Gasteiger partial charge < -0.3 is 24.6 Å². The van der Waals surface area contributed by atoms with Crippen LogP contribution in [0.4, 0.5) is 8.78 Å². The van der Waals surface area contributed by atoms with Crippen LogP contribution in [0.2, 0.25) is 0 Å². The van der Waals surface area contributed by atoms with Crippen molar-refractivity contribution in [1.82, 2.24) is 20.1 Å². The zero-order valence-electron chi connectivity index (χ0n) is 24.8. The van der Waals surface area contributed by atoms with E-state index in [0.29, 0.717) is 36.9 Å². The lowest BCUT2D eigenvalue weighted by Crippen LogP contribution is -2.45. The van der Waals surface area contributed by atoms with Crippen LogP contribution in [-0.4, -0.2) is 71.4 Å². The van der Waals surface area contributed by atoms with Gasteiger partial charge >= 0.3 is 6.61 Å². The Labute approximate surface area is 250 Å². The summed E-state index contributed by atoms with van der Waals surface area (Å²) < 4.78 is 36.4. The number of benzene rings is 1. The van der Waals surface area contributed by atoms with Gasteiger partial charge in [0.1, 0.15) is 11.7 Å². The van der Waals surface area contributed by atoms with E-state index in [4.69, 9.17) is 4.74 Å². The molecule has 2 saturated carbocycles. The molecule has 1 aliphatic heterocycles. The molecule has 1 N–H and O–H groups in total. The Balaban J connectivity index is 1.23. The van der Waals surface area contributed by atoms with Crippen molar-refractivity contribution in [3.8, 4) is 11.5 Å². The third-order valence-electron chi connectivity index (χ3n) is 8.75. The number of halogens is 2. The average molecular weight is 599 g/mol. The van der Waals surface area contributed by atoms with Gasteiger partial charge in [0.25, 0.3) is 5.91 Å². The maximum atomic E-state index is 13.3. The van der Waals surface area contributed by atoms with Crippen LogP contribution in [0.1, 0.15) is 86.0 Å². The van der Waals surface area contributed by atoms with Crippen molar-refractivity contribution in [1.29, 1.82) is 0 Å². The zero-order chi connectivity index (χ0) is 30.5. The maximum absolute atomic E-state index is 13.3. The average Bonchev–Trinajstić information content (AvgIpc) is 3.73. The molecule has 2 heterocycles. The number of amides is 3. The summed E-state index contributed by atoms with van der Waals surface area (Å²) in [6.07, 6.45) is 7.89. The van der Waals surface area contributed by atoms with E-state index in [1.165, 1.54) is 24.3 Å². The van der Waals surface area contributed by atoms with Gasteiger partial charge in [0.2, 0.25) is 11.8 Å². The van der Waals surface area contributed by atoms with Gasteiger partial charge in [-0.05, 0) is 67.9 Å². The summed E-state index contributed by atoms with van der Waals surface area (Å²) in [6, 6.07) is 9.53. The quantitative estimate of drug-likeness (QED) is 0.395. The monoisotopic (exact) mass is 598 g/mol.